The first-order valence-corrected chi connectivity index (χ1v) is 10.2. The van der Waals surface area contributed by atoms with Gasteiger partial charge in [-0.1, -0.05) is 18.2 Å². The van der Waals surface area contributed by atoms with Gasteiger partial charge in [-0.15, -0.1) is 0 Å². The van der Waals surface area contributed by atoms with Crippen molar-refractivity contribution in [1.82, 2.24) is 10.2 Å². The highest BCUT2D eigenvalue weighted by atomic mass is 19.1. The summed E-state index contributed by atoms with van der Waals surface area (Å²) in [5.74, 6) is 0.170. The van der Waals surface area contributed by atoms with Crippen molar-refractivity contribution in [2.45, 2.75) is 37.8 Å². The van der Waals surface area contributed by atoms with Crippen LogP contribution < -0.4 is 10.6 Å². The van der Waals surface area contributed by atoms with E-state index in [0.29, 0.717) is 23.7 Å². The summed E-state index contributed by atoms with van der Waals surface area (Å²) < 4.78 is 13.1. The average Bonchev–Trinajstić information content (AvgIpc) is 2.74. The van der Waals surface area contributed by atoms with Crippen molar-refractivity contribution in [2.75, 3.05) is 25.0 Å². The van der Waals surface area contributed by atoms with Gasteiger partial charge in [0.2, 0.25) is 0 Å². The SMILES string of the molecule is CC1CC(c2ccc(F)cc2)CCN1C[C@@H](O)CNC(=O)Nc1cccc(C#N)c1. The van der Waals surface area contributed by atoms with Gasteiger partial charge < -0.3 is 15.7 Å². The molecule has 158 valence electrons. The van der Waals surface area contributed by atoms with Crippen LogP contribution in [0.4, 0.5) is 14.9 Å². The molecule has 0 spiro atoms. The van der Waals surface area contributed by atoms with Crippen LogP contribution in [-0.4, -0.2) is 47.8 Å². The first-order chi connectivity index (χ1) is 14.4. The number of carbonyl (C=O) groups is 1. The fourth-order valence-electron chi connectivity index (χ4n) is 3.92. The van der Waals surface area contributed by atoms with Crippen molar-refractivity contribution in [2.24, 2.45) is 0 Å². The second-order valence-electron chi connectivity index (χ2n) is 7.80. The minimum absolute atomic E-state index is 0.133. The predicted octanol–water partition coefficient (Wildman–Crippen LogP) is 3.45. The van der Waals surface area contributed by atoms with E-state index in [4.69, 9.17) is 5.26 Å². The summed E-state index contributed by atoms with van der Waals surface area (Å²) in [5, 5.41) is 24.6. The number of nitrogens with one attached hydrogen (secondary N) is 2. The second kappa shape index (κ2) is 10.2. The largest absolute Gasteiger partial charge is 0.390 e. The molecular formula is C23H27FN4O2. The fourth-order valence-corrected chi connectivity index (χ4v) is 3.92. The maximum absolute atomic E-state index is 13.1. The number of aliphatic hydroxyl groups excluding tert-OH is 1. The molecule has 3 atom stereocenters. The highest BCUT2D eigenvalue weighted by Gasteiger charge is 2.27. The molecule has 3 rings (SSSR count). The third-order valence-corrected chi connectivity index (χ3v) is 5.55. The van der Waals surface area contributed by atoms with Crippen LogP contribution in [0.25, 0.3) is 0 Å². The number of nitriles is 1. The van der Waals surface area contributed by atoms with Gasteiger partial charge in [0.05, 0.1) is 17.7 Å². The van der Waals surface area contributed by atoms with Crippen molar-refractivity contribution in [1.29, 1.82) is 5.26 Å². The van der Waals surface area contributed by atoms with Gasteiger partial charge in [-0.25, -0.2) is 9.18 Å². The Morgan fingerprint density at radius 3 is 2.80 bits per heavy atom. The Balaban J connectivity index is 1.42. The van der Waals surface area contributed by atoms with E-state index in [-0.39, 0.29) is 18.4 Å². The van der Waals surface area contributed by atoms with Crippen LogP contribution in [0.15, 0.2) is 48.5 Å². The zero-order valence-corrected chi connectivity index (χ0v) is 17.0. The monoisotopic (exact) mass is 410 g/mol. The Morgan fingerprint density at radius 2 is 2.10 bits per heavy atom. The fraction of sp³-hybridized carbons (Fsp3) is 0.391. The number of urea groups is 1. The van der Waals surface area contributed by atoms with Gasteiger partial charge >= 0.3 is 6.03 Å². The number of β-amino-alcohol motifs (C(OH)–C–C–N with tert-alkyl or cyclic N) is 1. The van der Waals surface area contributed by atoms with Crippen LogP contribution in [0.5, 0.6) is 0 Å². The standard InChI is InChI=1S/C23H27FN4O2/c1-16-11-19(18-5-7-20(24)8-6-18)9-10-28(16)15-22(29)14-26-23(30)27-21-4-2-3-17(12-21)13-25/h2-8,12,16,19,22,29H,9-11,14-15H2,1H3,(H2,26,27,30)/t16?,19?,22-/m0/s1. The van der Waals surface area contributed by atoms with Crippen LogP contribution in [0, 0.1) is 17.1 Å². The smallest absolute Gasteiger partial charge is 0.319 e. The van der Waals surface area contributed by atoms with Gasteiger partial charge in [-0.05, 0) is 68.1 Å². The minimum Gasteiger partial charge on any atom is -0.390 e. The molecule has 0 radical (unpaired) electrons. The Bertz CT molecular complexity index is 897. The summed E-state index contributed by atoms with van der Waals surface area (Å²) in [6.07, 6.45) is 1.21. The Labute approximate surface area is 176 Å². The molecule has 2 aromatic rings. The molecule has 1 saturated heterocycles. The zero-order chi connectivity index (χ0) is 21.5. The molecule has 1 aliphatic rings. The lowest BCUT2D eigenvalue weighted by molar-refractivity contribution is 0.0690. The number of carbonyl (C=O) groups excluding carboxylic acids is 1. The van der Waals surface area contributed by atoms with Crippen molar-refractivity contribution < 1.29 is 14.3 Å². The Morgan fingerprint density at radius 1 is 1.33 bits per heavy atom. The number of anilines is 1. The van der Waals surface area contributed by atoms with Gasteiger partial charge in [0.25, 0.3) is 0 Å². The number of rotatable bonds is 6. The molecule has 0 aliphatic carbocycles. The number of amides is 2. The van der Waals surface area contributed by atoms with Gasteiger partial charge in [-0.3, -0.25) is 4.90 Å². The number of likely N-dealkylation sites (tertiary alicyclic amines) is 1. The van der Waals surface area contributed by atoms with E-state index in [9.17, 15) is 14.3 Å². The molecule has 30 heavy (non-hydrogen) atoms. The molecule has 0 saturated carbocycles. The molecule has 2 unspecified atom stereocenters. The normalized spacial score (nSPS) is 20.2. The van der Waals surface area contributed by atoms with E-state index < -0.39 is 12.1 Å². The van der Waals surface area contributed by atoms with Crippen LogP contribution in [0.2, 0.25) is 0 Å². The number of halogens is 1. The van der Waals surface area contributed by atoms with Crippen molar-refractivity contribution in [3.05, 3.63) is 65.5 Å². The molecule has 6 nitrogen and oxygen atoms in total. The number of aliphatic hydroxyl groups is 1. The summed E-state index contributed by atoms with van der Waals surface area (Å²) in [7, 11) is 0. The number of benzene rings is 2. The Kier molecular flexibility index (Phi) is 7.39. The molecule has 1 fully saturated rings. The highest BCUT2D eigenvalue weighted by Crippen LogP contribution is 2.31. The van der Waals surface area contributed by atoms with E-state index >= 15 is 0 Å². The van der Waals surface area contributed by atoms with Gasteiger partial charge in [0, 0.05) is 24.8 Å². The van der Waals surface area contributed by atoms with E-state index in [0.717, 1.165) is 24.9 Å². The lowest BCUT2D eigenvalue weighted by Gasteiger charge is -2.39. The topological polar surface area (TPSA) is 88.4 Å². The third kappa shape index (κ3) is 6.02. The lowest BCUT2D eigenvalue weighted by atomic mass is 9.85. The summed E-state index contributed by atoms with van der Waals surface area (Å²) in [5.41, 5.74) is 2.14. The second-order valence-corrected chi connectivity index (χ2v) is 7.80. The van der Waals surface area contributed by atoms with Crippen LogP contribution >= 0.6 is 0 Å². The van der Waals surface area contributed by atoms with Gasteiger partial charge in [0.15, 0.2) is 0 Å². The van der Waals surface area contributed by atoms with E-state index in [1.54, 1.807) is 24.3 Å². The van der Waals surface area contributed by atoms with Crippen LogP contribution in [-0.2, 0) is 0 Å². The van der Waals surface area contributed by atoms with Gasteiger partial charge in [-0.2, -0.15) is 5.26 Å². The number of nitrogens with zero attached hydrogens (tertiary/aromatic N) is 2. The molecular weight excluding hydrogens is 383 g/mol. The van der Waals surface area contributed by atoms with Gasteiger partial charge in [0.1, 0.15) is 5.82 Å². The molecule has 2 aromatic carbocycles. The molecule has 1 aliphatic heterocycles. The van der Waals surface area contributed by atoms with E-state index in [1.807, 2.05) is 18.2 Å². The Hall–Kier alpha value is -2.95. The minimum atomic E-state index is -0.689. The summed E-state index contributed by atoms with van der Waals surface area (Å²) in [4.78, 5) is 14.3. The molecule has 0 bridgehead atoms. The third-order valence-electron chi connectivity index (χ3n) is 5.55. The van der Waals surface area contributed by atoms with E-state index in [2.05, 4.69) is 22.5 Å². The average molecular weight is 410 g/mol. The first-order valence-electron chi connectivity index (χ1n) is 10.2. The van der Waals surface area contributed by atoms with Crippen molar-refractivity contribution in [3.63, 3.8) is 0 Å². The van der Waals surface area contributed by atoms with Crippen molar-refractivity contribution in [3.8, 4) is 6.07 Å². The van der Waals surface area contributed by atoms with Crippen LogP contribution in [0.1, 0.15) is 36.8 Å². The number of hydrogen-bond donors (Lipinski definition) is 3. The summed E-state index contributed by atoms with van der Waals surface area (Å²) in [6.45, 7) is 3.58. The number of hydrogen-bond acceptors (Lipinski definition) is 4. The predicted molar refractivity (Wildman–Crippen MR) is 114 cm³/mol. The maximum atomic E-state index is 13.1. The molecule has 7 heteroatoms. The molecule has 1 heterocycles. The van der Waals surface area contributed by atoms with Crippen LogP contribution in [0.3, 0.4) is 0 Å². The van der Waals surface area contributed by atoms with E-state index in [1.165, 1.54) is 12.1 Å². The molecule has 3 N–H and O–H groups in total. The number of piperidine rings is 1. The first kappa shape index (κ1) is 21.8. The summed E-state index contributed by atoms with van der Waals surface area (Å²) >= 11 is 0. The maximum Gasteiger partial charge on any atom is 0.319 e. The molecule has 0 aromatic heterocycles. The van der Waals surface area contributed by atoms with Crippen molar-refractivity contribution >= 4 is 11.7 Å². The zero-order valence-electron chi connectivity index (χ0n) is 17.0. The quantitative estimate of drug-likeness (QED) is 0.681. The molecule has 2 amide bonds. The summed E-state index contributed by atoms with van der Waals surface area (Å²) in [6, 6.07) is 15.2. The lowest BCUT2D eigenvalue weighted by Crippen LogP contribution is -2.47. The highest BCUT2D eigenvalue weighted by molar-refractivity contribution is 5.89.